The summed E-state index contributed by atoms with van der Waals surface area (Å²) in [5, 5.41) is 2.73. The number of nitrogens with one attached hydrogen (secondary N) is 1. The van der Waals surface area contributed by atoms with Crippen LogP contribution in [0, 0.1) is 5.82 Å². The second kappa shape index (κ2) is 7.33. The van der Waals surface area contributed by atoms with Gasteiger partial charge in [-0.3, -0.25) is 0 Å². The van der Waals surface area contributed by atoms with Gasteiger partial charge in [0.25, 0.3) is 0 Å². The molecule has 0 aromatic heterocycles. The van der Waals surface area contributed by atoms with E-state index in [2.05, 4.69) is 16.6 Å². The van der Waals surface area contributed by atoms with Gasteiger partial charge in [0.1, 0.15) is 17.7 Å². The Bertz CT molecular complexity index is 570. The van der Waals surface area contributed by atoms with Crippen molar-refractivity contribution < 1.29 is 18.7 Å². The number of rotatable bonds is 6. The number of ether oxygens (including phenoxy) is 2. The van der Waals surface area contributed by atoms with E-state index < -0.39 is 17.9 Å². The normalized spacial score (nSPS) is 13.0. The highest BCUT2D eigenvalue weighted by molar-refractivity contribution is 5.91. The quantitative estimate of drug-likeness (QED) is 0.478. The summed E-state index contributed by atoms with van der Waals surface area (Å²) in [7, 11) is 2.89. The van der Waals surface area contributed by atoms with Crippen molar-refractivity contribution in [3.8, 4) is 0 Å². The lowest BCUT2D eigenvalue weighted by atomic mass is 10.0. The molecule has 0 bridgehead atoms. The van der Waals surface area contributed by atoms with Gasteiger partial charge in [-0.2, -0.15) is 0 Å². The first kappa shape index (κ1) is 16.6. The molecule has 21 heavy (non-hydrogen) atoms. The Morgan fingerprint density at radius 3 is 2.71 bits per heavy atom. The summed E-state index contributed by atoms with van der Waals surface area (Å²) in [6.07, 6.45) is 0.814. The number of carbonyl (C=O) groups excluding carboxylic acids is 1. The molecule has 3 N–H and O–H groups in total. The molecule has 1 aromatic rings. The van der Waals surface area contributed by atoms with Crippen molar-refractivity contribution in [1.82, 2.24) is 5.32 Å². The fraction of sp³-hybridized carbons (Fsp3) is 0.267. The fourth-order valence-corrected chi connectivity index (χ4v) is 1.76. The number of allylic oxidation sites excluding steroid dienone is 1. The van der Waals surface area contributed by atoms with Crippen LogP contribution in [0.15, 0.2) is 42.4 Å². The molecule has 0 spiro atoms. The molecule has 0 fully saturated rings. The Labute approximate surface area is 123 Å². The maximum Gasteiger partial charge on any atom is 0.338 e. The SMILES string of the molecule is C=C/C(O[C@H](C)c1cc(F)ccc1C(=O)OC)=C(/N)NC. The summed E-state index contributed by atoms with van der Waals surface area (Å²) in [5.74, 6) is -0.442. The van der Waals surface area contributed by atoms with Crippen molar-refractivity contribution in [3.63, 3.8) is 0 Å². The van der Waals surface area contributed by atoms with Crippen LogP contribution < -0.4 is 11.1 Å². The van der Waals surface area contributed by atoms with Crippen LogP contribution in [0.3, 0.4) is 0 Å². The highest BCUT2D eigenvalue weighted by atomic mass is 19.1. The number of halogens is 1. The van der Waals surface area contributed by atoms with E-state index in [0.29, 0.717) is 11.3 Å². The molecule has 1 atom stereocenters. The molecule has 0 aliphatic rings. The number of hydrogen-bond acceptors (Lipinski definition) is 5. The first-order valence-electron chi connectivity index (χ1n) is 6.28. The minimum Gasteiger partial charge on any atom is -0.482 e. The average molecular weight is 294 g/mol. The number of methoxy groups -OCH3 is 1. The van der Waals surface area contributed by atoms with Crippen LogP contribution in [-0.2, 0) is 9.47 Å². The molecule has 114 valence electrons. The fourth-order valence-electron chi connectivity index (χ4n) is 1.76. The summed E-state index contributed by atoms with van der Waals surface area (Å²) >= 11 is 0. The molecule has 0 saturated carbocycles. The molecule has 0 heterocycles. The molecule has 5 nitrogen and oxygen atoms in total. The Morgan fingerprint density at radius 2 is 2.19 bits per heavy atom. The molecule has 0 aliphatic carbocycles. The molecule has 6 heteroatoms. The van der Waals surface area contributed by atoms with Crippen molar-refractivity contribution in [1.29, 1.82) is 0 Å². The number of nitrogens with two attached hydrogens (primary N) is 1. The second-order valence-electron chi connectivity index (χ2n) is 4.22. The van der Waals surface area contributed by atoms with Gasteiger partial charge in [0.15, 0.2) is 5.76 Å². The largest absolute Gasteiger partial charge is 0.482 e. The van der Waals surface area contributed by atoms with Gasteiger partial charge >= 0.3 is 5.97 Å². The lowest BCUT2D eigenvalue weighted by Crippen LogP contribution is -2.19. The van der Waals surface area contributed by atoms with Gasteiger partial charge in [-0.1, -0.05) is 6.58 Å². The van der Waals surface area contributed by atoms with E-state index in [9.17, 15) is 9.18 Å². The van der Waals surface area contributed by atoms with Crippen LogP contribution in [0.5, 0.6) is 0 Å². The van der Waals surface area contributed by atoms with Crippen molar-refractivity contribution in [2.24, 2.45) is 5.73 Å². The van der Waals surface area contributed by atoms with Gasteiger partial charge in [0.05, 0.1) is 12.7 Å². The van der Waals surface area contributed by atoms with Crippen LogP contribution in [0.1, 0.15) is 28.9 Å². The molecular formula is C15H19FN2O3. The maximum absolute atomic E-state index is 13.4. The zero-order valence-electron chi connectivity index (χ0n) is 12.3. The standard InChI is InChI=1S/C15H19FN2O3/c1-5-13(14(17)18-3)21-9(2)12-8-10(16)6-7-11(12)15(19)20-4/h5-9,18H,1,17H2,2-4H3/b14-13+/t9-/m1/s1. The number of esters is 1. The first-order valence-corrected chi connectivity index (χ1v) is 6.28. The van der Waals surface area contributed by atoms with Gasteiger partial charge in [-0.05, 0) is 31.2 Å². The van der Waals surface area contributed by atoms with Crippen LogP contribution >= 0.6 is 0 Å². The maximum atomic E-state index is 13.4. The lowest BCUT2D eigenvalue weighted by molar-refractivity contribution is 0.0591. The molecule has 0 saturated heterocycles. The Morgan fingerprint density at radius 1 is 1.52 bits per heavy atom. The third-order valence-corrected chi connectivity index (χ3v) is 2.88. The number of hydrogen-bond donors (Lipinski definition) is 2. The number of benzene rings is 1. The van der Waals surface area contributed by atoms with E-state index in [1.807, 2.05) is 0 Å². The van der Waals surface area contributed by atoms with Gasteiger partial charge in [-0.25, -0.2) is 9.18 Å². The Kier molecular flexibility index (Phi) is 5.78. The summed E-state index contributed by atoms with van der Waals surface area (Å²) in [6, 6.07) is 3.77. The first-order chi connectivity index (χ1) is 9.94. The number of carbonyl (C=O) groups is 1. The van der Waals surface area contributed by atoms with Crippen molar-refractivity contribution in [2.45, 2.75) is 13.0 Å². The lowest BCUT2D eigenvalue weighted by Gasteiger charge is -2.19. The van der Waals surface area contributed by atoms with E-state index in [1.165, 1.54) is 31.4 Å². The highest BCUT2D eigenvalue weighted by Crippen LogP contribution is 2.25. The molecular weight excluding hydrogens is 275 g/mol. The Balaban J connectivity index is 3.17. The molecule has 0 aliphatic heterocycles. The van der Waals surface area contributed by atoms with E-state index in [1.54, 1.807) is 14.0 Å². The van der Waals surface area contributed by atoms with Crippen molar-refractivity contribution in [2.75, 3.05) is 14.2 Å². The van der Waals surface area contributed by atoms with Crippen LogP contribution in [-0.4, -0.2) is 20.1 Å². The van der Waals surface area contributed by atoms with E-state index in [0.717, 1.165) is 0 Å². The van der Waals surface area contributed by atoms with Gasteiger partial charge in [0.2, 0.25) is 0 Å². The molecule has 1 rings (SSSR count). The van der Waals surface area contributed by atoms with Crippen LogP contribution in [0.25, 0.3) is 0 Å². The topological polar surface area (TPSA) is 73.6 Å². The molecule has 1 aromatic carbocycles. The van der Waals surface area contributed by atoms with Gasteiger partial charge < -0.3 is 20.5 Å². The van der Waals surface area contributed by atoms with Crippen molar-refractivity contribution >= 4 is 5.97 Å². The summed E-state index contributed by atoms with van der Waals surface area (Å²) in [6.45, 7) is 5.27. The minimum absolute atomic E-state index is 0.234. The zero-order chi connectivity index (χ0) is 16.0. The van der Waals surface area contributed by atoms with Crippen LogP contribution in [0.2, 0.25) is 0 Å². The Hall–Kier alpha value is -2.50. The predicted molar refractivity (Wildman–Crippen MR) is 77.7 cm³/mol. The smallest absolute Gasteiger partial charge is 0.338 e. The second-order valence-corrected chi connectivity index (χ2v) is 4.22. The third kappa shape index (κ3) is 3.98. The summed E-state index contributed by atoms with van der Waals surface area (Å²) < 4.78 is 23.8. The zero-order valence-corrected chi connectivity index (χ0v) is 12.3. The van der Waals surface area contributed by atoms with Gasteiger partial charge in [-0.15, -0.1) is 0 Å². The summed E-state index contributed by atoms with van der Waals surface area (Å²) in [5.41, 5.74) is 6.31. The molecule has 0 amide bonds. The van der Waals surface area contributed by atoms with E-state index >= 15 is 0 Å². The average Bonchev–Trinajstić information content (AvgIpc) is 2.50. The molecule has 0 unspecified atom stereocenters. The monoisotopic (exact) mass is 294 g/mol. The van der Waals surface area contributed by atoms with E-state index in [4.69, 9.17) is 10.5 Å². The van der Waals surface area contributed by atoms with Crippen LogP contribution in [0.4, 0.5) is 4.39 Å². The molecule has 0 radical (unpaired) electrons. The van der Waals surface area contributed by atoms with E-state index in [-0.39, 0.29) is 11.4 Å². The highest BCUT2D eigenvalue weighted by Gasteiger charge is 2.19. The minimum atomic E-state index is -0.616. The van der Waals surface area contributed by atoms with Gasteiger partial charge in [0, 0.05) is 12.6 Å². The third-order valence-electron chi connectivity index (χ3n) is 2.88. The summed E-state index contributed by atoms with van der Waals surface area (Å²) in [4.78, 5) is 11.7. The predicted octanol–water partition coefficient (Wildman–Crippen LogP) is 2.22. The van der Waals surface area contributed by atoms with Crippen molar-refractivity contribution in [3.05, 3.63) is 59.4 Å².